The maximum Gasteiger partial charge on any atom is 0.182 e. The molecule has 1 aromatic carbocycles. The molecule has 11 heavy (non-hydrogen) atoms. The van der Waals surface area contributed by atoms with Crippen molar-refractivity contribution in [2.75, 3.05) is 0 Å². The zero-order chi connectivity index (χ0) is 8.27. The van der Waals surface area contributed by atoms with Crippen molar-refractivity contribution in [3.8, 4) is 0 Å². The van der Waals surface area contributed by atoms with Crippen molar-refractivity contribution in [1.82, 2.24) is 0 Å². The van der Waals surface area contributed by atoms with E-state index in [1.54, 1.807) is 30.3 Å². The van der Waals surface area contributed by atoms with E-state index in [4.69, 9.17) is 15.3 Å². The van der Waals surface area contributed by atoms with E-state index in [2.05, 4.69) is 0 Å². The normalized spacial score (nSPS) is 13.5. The number of hydrogen-bond acceptors (Lipinski definition) is 3. The Labute approximate surface area is 64.5 Å². The van der Waals surface area contributed by atoms with Gasteiger partial charge in [0.2, 0.25) is 0 Å². The van der Waals surface area contributed by atoms with Crippen molar-refractivity contribution in [3.63, 3.8) is 0 Å². The lowest BCUT2D eigenvalue weighted by molar-refractivity contribution is -0.123. The minimum Gasteiger partial charge on any atom is -0.383 e. The van der Waals surface area contributed by atoms with Gasteiger partial charge in [0.25, 0.3) is 0 Å². The van der Waals surface area contributed by atoms with Gasteiger partial charge >= 0.3 is 0 Å². The Morgan fingerprint density at radius 2 is 1.45 bits per heavy atom. The highest BCUT2D eigenvalue weighted by Gasteiger charge is 2.13. The van der Waals surface area contributed by atoms with Crippen LogP contribution in [0.4, 0.5) is 0 Å². The van der Waals surface area contributed by atoms with Crippen LogP contribution < -0.4 is 0 Å². The van der Waals surface area contributed by atoms with E-state index in [0.29, 0.717) is 5.56 Å². The molecule has 60 valence electrons. The quantitative estimate of drug-likeness (QED) is 0.527. The molecule has 0 bridgehead atoms. The van der Waals surface area contributed by atoms with E-state index >= 15 is 0 Å². The second kappa shape index (κ2) is 3.48. The number of aliphatic hydroxyl groups excluding tert-OH is 2. The zero-order valence-electron chi connectivity index (χ0n) is 5.88. The first kappa shape index (κ1) is 8.20. The summed E-state index contributed by atoms with van der Waals surface area (Å²) in [4.78, 5) is 0. The van der Waals surface area contributed by atoms with Crippen molar-refractivity contribution in [1.29, 1.82) is 0 Å². The summed E-state index contributed by atoms with van der Waals surface area (Å²) in [6, 6.07) is 8.50. The Bertz CT molecular complexity index is 208. The summed E-state index contributed by atoms with van der Waals surface area (Å²) in [7, 11) is 0. The van der Waals surface area contributed by atoms with Crippen molar-refractivity contribution in [2.45, 2.75) is 12.4 Å². The summed E-state index contributed by atoms with van der Waals surface area (Å²) < 4.78 is 0. The Kier molecular flexibility index (Phi) is 2.59. The molecule has 0 amide bonds. The van der Waals surface area contributed by atoms with Crippen LogP contribution in [-0.4, -0.2) is 21.6 Å². The molecular weight excluding hydrogens is 144 g/mol. The molecule has 0 aliphatic carbocycles. The van der Waals surface area contributed by atoms with Gasteiger partial charge in [0.1, 0.15) is 6.10 Å². The van der Waals surface area contributed by atoms with Crippen LogP contribution in [0.15, 0.2) is 30.3 Å². The lowest BCUT2D eigenvalue weighted by Crippen LogP contribution is -2.16. The summed E-state index contributed by atoms with van der Waals surface area (Å²) in [6.45, 7) is 0. The van der Waals surface area contributed by atoms with Gasteiger partial charge in [-0.2, -0.15) is 0 Å². The van der Waals surface area contributed by atoms with Crippen LogP contribution in [0.3, 0.4) is 0 Å². The fraction of sp³-hybridized carbons (Fsp3) is 0.250. The molecule has 3 heteroatoms. The highest BCUT2D eigenvalue weighted by molar-refractivity contribution is 5.17. The van der Waals surface area contributed by atoms with E-state index < -0.39 is 12.4 Å². The van der Waals surface area contributed by atoms with Gasteiger partial charge in [0, 0.05) is 0 Å². The molecule has 0 fully saturated rings. The average molecular weight is 154 g/mol. The first-order valence-electron chi connectivity index (χ1n) is 3.31. The van der Waals surface area contributed by atoms with Gasteiger partial charge in [-0.1, -0.05) is 30.3 Å². The molecule has 1 unspecified atom stereocenters. The molecule has 0 saturated carbocycles. The Morgan fingerprint density at radius 3 is 1.91 bits per heavy atom. The second-order valence-corrected chi connectivity index (χ2v) is 2.27. The van der Waals surface area contributed by atoms with E-state index in [1.807, 2.05) is 0 Å². The molecule has 0 aliphatic heterocycles. The van der Waals surface area contributed by atoms with Gasteiger partial charge < -0.3 is 15.3 Å². The summed E-state index contributed by atoms with van der Waals surface area (Å²) in [5.41, 5.74) is 0.502. The molecule has 3 N–H and O–H groups in total. The number of aliphatic hydroxyl groups is 3. The highest BCUT2D eigenvalue weighted by atomic mass is 16.5. The summed E-state index contributed by atoms with van der Waals surface area (Å²) in [6.07, 6.45) is -2.92. The molecule has 1 atom stereocenters. The van der Waals surface area contributed by atoms with Crippen molar-refractivity contribution < 1.29 is 15.3 Å². The number of rotatable bonds is 2. The maximum absolute atomic E-state index is 9.10. The molecule has 0 saturated heterocycles. The Morgan fingerprint density at radius 1 is 0.909 bits per heavy atom. The lowest BCUT2D eigenvalue weighted by Gasteiger charge is -2.11. The molecule has 3 nitrogen and oxygen atoms in total. The van der Waals surface area contributed by atoms with Gasteiger partial charge in [0.15, 0.2) is 6.29 Å². The predicted molar refractivity (Wildman–Crippen MR) is 39.6 cm³/mol. The van der Waals surface area contributed by atoms with Crippen LogP contribution in [0, 0.1) is 0 Å². The monoisotopic (exact) mass is 154 g/mol. The van der Waals surface area contributed by atoms with Gasteiger partial charge in [-0.05, 0) is 5.56 Å². The third-order valence-electron chi connectivity index (χ3n) is 1.42. The third-order valence-corrected chi connectivity index (χ3v) is 1.42. The fourth-order valence-electron chi connectivity index (χ4n) is 0.822. The number of hydrogen-bond donors (Lipinski definition) is 3. The van der Waals surface area contributed by atoms with E-state index in [-0.39, 0.29) is 0 Å². The summed E-state index contributed by atoms with van der Waals surface area (Å²) in [5.74, 6) is 0. The minimum atomic E-state index is -1.71. The largest absolute Gasteiger partial charge is 0.383 e. The van der Waals surface area contributed by atoms with Crippen LogP contribution >= 0.6 is 0 Å². The van der Waals surface area contributed by atoms with Crippen molar-refractivity contribution in [3.05, 3.63) is 35.9 Å². The summed E-state index contributed by atoms with van der Waals surface area (Å²) >= 11 is 0. The van der Waals surface area contributed by atoms with Gasteiger partial charge in [0.05, 0.1) is 0 Å². The van der Waals surface area contributed by atoms with Crippen LogP contribution in [0.25, 0.3) is 0 Å². The molecule has 0 heterocycles. The topological polar surface area (TPSA) is 60.7 Å². The molecule has 0 spiro atoms. The number of benzene rings is 1. The first-order valence-corrected chi connectivity index (χ1v) is 3.31. The molecule has 0 aromatic heterocycles. The molecule has 0 aliphatic rings. The van der Waals surface area contributed by atoms with Crippen LogP contribution in [0.5, 0.6) is 0 Å². The molecule has 1 aromatic rings. The van der Waals surface area contributed by atoms with E-state index in [0.717, 1.165) is 0 Å². The minimum absolute atomic E-state index is 0.502. The van der Waals surface area contributed by atoms with Crippen molar-refractivity contribution >= 4 is 0 Å². The fourth-order valence-corrected chi connectivity index (χ4v) is 0.822. The van der Waals surface area contributed by atoms with E-state index in [1.165, 1.54) is 0 Å². The SMILES string of the molecule is OC(O)C(O)c1ccccc1. The van der Waals surface area contributed by atoms with E-state index in [9.17, 15) is 0 Å². The van der Waals surface area contributed by atoms with Gasteiger partial charge in [-0.3, -0.25) is 0 Å². The summed E-state index contributed by atoms with van der Waals surface area (Å²) in [5, 5.41) is 26.3. The first-order chi connectivity index (χ1) is 5.22. The zero-order valence-corrected chi connectivity index (χ0v) is 5.88. The van der Waals surface area contributed by atoms with Crippen LogP contribution in [0.1, 0.15) is 11.7 Å². The lowest BCUT2D eigenvalue weighted by atomic mass is 10.1. The van der Waals surface area contributed by atoms with Crippen LogP contribution in [0.2, 0.25) is 0 Å². The standard InChI is InChI=1S/C8H10O3/c9-7(8(10)11)6-4-2-1-3-5-6/h1-5,7-11H. The predicted octanol–water partition coefficient (Wildman–Crippen LogP) is 0.0307. The third kappa shape index (κ3) is 2.01. The Hall–Kier alpha value is -0.900. The average Bonchev–Trinajstić information content (AvgIpc) is 2.05. The smallest absolute Gasteiger partial charge is 0.182 e. The molecular formula is C8H10O3. The van der Waals surface area contributed by atoms with Crippen molar-refractivity contribution in [2.24, 2.45) is 0 Å². The Balaban J connectivity index is 2.77. The van der Waals surface area contributed by atoms with Gasteiger partial charge in [-0.15, -0.1) is 0 Å². The molecule has 0 radical (unpaired) electrons. The van der Waals surface area contributed by atoms with Crippen LogP contribution in [-0.2, 0) is 0 Å². The highest BCUT2D eigenvalue weighted by Crippen LogP contribution is 2.13. The van der Waals surface area contributed by atoms with Gasteiger partial charge in [-0.25, -0.2) is 0 Å². The maximum atomic E-state index is 9.10. The molecule has 1 rings (SSSR count). The second-order valence-electron chi connectivity index (χ2n) is 2.27.